The Bertz CT molecular complexity index is 781. The topological polar surface area (TPSA) is 83.3 Å². The molecular weight excluding hydrogens is 340 g/mol. The fourth-order valence-corrected chi connectivity index (χ4v) is 2.90. The summed E-state index contributed by atoms with van der Waals surface area (Å²) >= 11 is 0. The molecule has 7 nitrogen and oxygen atoms in total. The zero-order chi connectivity index (χ0) is 19.6. The minimum Gasteiger partial charge on any atom is -0.356 e. The molecule has 0 fully saturated rings. The van der Waals surface area contributed by atoms with E-state index in [9.17, 15) is 4.79 Å². The predicted octanol–water partition coefficient (Wildman–Crippen LogP) is 1.66. The van der Waals surface area contributed by atoms with E-state index in [4.69, 9.17) is 0 Å². The summed E-state index contributed by atoms with van der Waals surface area (Å²) in [5, 5.41) is 13.8. The van der Waals surface area contributed by atoms with Crippen molar-refractivity contribution in [1.82, 2.24) is 25.7 Å². The summed E-state index contributed by atoms with van der Waals surface area (Å²) in [6.07, 6.45) is 1.79. The Morgan fingerprint density at radius 3 is 2.63 bits per heavy atom. The summed E-state index contributed by atoms with van der Waals surface area (Å²) in [4.78, 5) is 16.0. The number of aromatic nitrogens is 2. The summed E-state index contributed by atoms with van der Waals surface area (Å²) in [5.41, 5.74) is 4.04. The summed E-state index contributed by atoms with van der Waals surface area (Å²) in [5.74, 6) is 0.718. The zero-order valence-corrected chi connectivity index (χ0v) is 16.7. The van der Waals surface area contributed by atoms with E-state index in [-0.39, 0.29) is 5.91 Å². The van der Waals surface area contributed by atoms with Crippen LogP contribution in [0.25, 0.3) is 0 Å². The standard InChI is InChI=1S/C20H30N6O/c1-15-13-16(2)26(25-15)12-6-10-23-20(22-4)24-11-9-17-7-5-8-18(14-17)19(27)21-3/h5,7-8,13-14H,6,9-12H2,1-4H3,(H,21,27)(H2,22,23,24). The molecule has 146 valence electrons. The van der Waals surface area contributed by atoms with Gasteiger partial charge in [-0.15, -0.1) is 0 Å². The number of aliphatic imine (C=N–C) groups is 1. The van der Waals surface area contributed by atoms with Gasteiger partial charge in [0.25, 0.3) is 5.91 Å². The van der Waals surface area contributed by atoms with Crippen LogP contribution in [0.15, 0.2) is 35.3 Å². The monoisotopic (exact) mass is 370 g/mol. The molecular formula is C20H30N6O. The number of nitrogens with zero attached hydrogens (tertiary/aromatic N) is 3. The first-order chi connectivity index (χ1) is 13.0. The minimum atomic E-state index is -0.0649. The maximum absolute atomic E-state index is 11.7. The average molecular weight is 371 g/mol. The number of amides is 1. The highest BCUT2D eigenvalue weighted by atomic mass is 16.1. The molecule has 0 bridgehead atoms. The highest BCUT2D eigenvalue weighted by Gasteiger charge is 2.04. The average Bonchev–Trinajstić information content (AvgIpc) is 3.00. The van der Waals surface area contributed by atoms with E-state index in [1.165, 1.54) is 5.69 Å². The number of nitrogens with one attached hydrogen (secondary N) is 3. The SMILES string of the molecule is CN=C(NCCCn1nc(C)cc1C)NCCc1cccc(C(=O)NC)c1. The van der Waals surface area contributed by atoms with Gasteiger partial charge in [-0.2, -0.15) is 5.10 Å². The number of guanidine groups is 1. The molecule has 1 amide bonds. The van der Waals surface area contributed by atoms with Gasteiger partial charge in [-0.25, -0.2) is 0 Å². The second-order valence-electron chi connectivity index (χ2n) is 6.46. The van der Waals surface area contributed by atoms with Crippen LogP contribution in [0.3, 0.4) is 0 Å². The Morgan fingerprint density at radius 2 is 1.96 bits per heavy atom. The normalized spacial score (nSPS) is 11.3. The molecule has 0 saturated heterocycles. The van der Waals surface area contributed by atoms with Crippen molar-refractivity contribution in [3.05, 3.63) is 52.8 Å². The van der Waals surface area contributed by atoms with Gasteiger partial charge in [-0.3, -0.25) is 14.5 Å². The quantitative estimate of drug-likeness (QED) is 0.375. The number of hydrogen-bond donors (Lipinski definition) is 3. The van der Waals surface area contributed by atoms with Crippen LogP contribution in [0.2, 0.25) is 0 Å². The third kappa shape index (κ3) is 6.44. The lowest BCUT2D eigenvalue weighted by atomic mass is 10.1. The Balaban J connectivity index is 1.71. The molecule has 0 saturated carbocycles. The van der Waals surface area contributed by atoms with Crippen molar-refractivity contribution in [3.8, 4) is 0 Å². The maximum Gasteiger partial charge on any atom is 0.251 e. The summed E-state index contributed by atoms with van der Waals surface area (Å²) in [6, 6.07) is 9.77. The van der Waals surface area contributed by atoms with Crippen LogP contribution < -0.4 is 16.0 Å². The second kappa shape index (κ2) is 10.4. The van der Waals surface area contributed by atoms with Crippen molar-refractivity contribution in [2.75, 3.05) is 27.2 Å². The van der Waals surface area contributed by atoms with Crippen molar-refractivity contribution in [2.24, 2.45) is 4.99 Å². The first-order valence-electron chi connectivity index (χ1n) is 9.30. The van der Waals surface area contributed by atoms with Crippen LogP contribution >= 0.6 is 0 Å². The highest BCUT2D eigenvalue weighted by Crippen LogP contribution is 2.06. The summed E-state index contributed by atoms with van der Waals surface area (Å²) in [6.45, 7) is 6.54. The van der Waals surface area contributed by atoms with Gasteiger partial charge in [0.2, 0.25) is 0 Å². The van der Waals surface area contributed by atoms with Gasteiger partial charge in [0.15, 0.2) is 5.96 Å². The van der Waals surface area contributed by atoms with Crippen LogP contribution in [-0.4, -0.2) is 48.8 Å². The smallest absolute Gasteiger partial charge is 0.251 e. The largest absolute Gasteiger partial charge is 0.356 e. The van der Waals surface area contributed by atoms with E-state index in [1.54, 1.807) is 14.1 Å². The Kier molecular flexibility index (Phi) is 7.85. The predicted molar refractivity (Wildman–Crippen MR) is 109 cm³/mol. The van der Waals surface area contributed by atoms with E-state index in [1.807, 2.05) is 35.9 Å². The zero-order valence-electron chi connectivity index (χ0n) is 16.7. The van der Waals surface area contributed by atoms with Gasteiger partial charge >= 0.3 is 0 Å². The van der Waals surface area contributed by atoms with Crippen LogP contribution in [0.1, 0.15) is 33.7 Å². The molecule has 0 aliphatic rings. The van der Waals surface area contributed by atoms with E-state index in [0.717, 1.165) is 49.7 Å². The molecule has 0 radical (unpaired) electrons. The molecule has 0 atom stereocenters. The maximum atomic E-state index is 11.7. The number of carbonyl (C=O) groups is 1. The summed E-state index contributed by atoms with van der Waals surface area (Å²) < 4.78 is 2.03. The van der Waals surface area contributed by atoms with Crippen LogP contribution in [0, 0.1) is 13.8 Å². The number of aryl methyl sites for hydroxylation is 3. The van der Waals surface area contributed by atoms with Gasteiger partial charge in [0.1, 0.15) is 0 Å². The van der Waals surface area contributed by atoms with Gasteiger partial charge < -0.3 is 16.0 Å². The van der Waals surface area contributed by atoms with Crippen LogP contribution in [0.4, 0.5) is 0 Å². The van der Waals surface area contributed by atoms with Gasteiger partial charge in [-0.05, 0) is 50.5 Å². The molecule has 1 heterocycles. The molecule has 2 aromatic rings. The highest BCUT2D eigenvalue weighted by molar-refractivity contribution is 5.94. The number of carbonyl (C=O) groups excluding carboxylic acids is 1. The van der Waals surface area contributed by atoms with Crippen molar-refractivity contribution in [2.45, 2.75) is 33.2 Å². The second-order valence-corrected chi connectivity index (χ2v) is 6.46. The molecule has 1 aromatic carbocycles. The lowest BCUT2D eigenvalue weighted by molar-refractivity contribution is 0.0963. The van der Waals surface area contributed by atoms with Crippen molar-refractivity contribution in [1.29, 1.82) is 0 Å². The number of hydrogen-bond acceptors (Lipinski definition) is 3. The fraction of sp³-hybridized carbons (Fsp3) is 0.450. The summed E-state index contributed by atoms with van der Waals surface area (Å²) in [7, 11) is 3.41. The molecule has 3 N–H and O–H groups in total. The first kappa shape index (κ1) is 20.5. The van der Waals surface area contributed by atoms with Gasteiger partial charge in [-0.1, -0.05) is 12.1 Å². The third-order valence-electron chi connectivity index (χ3n) is 4.29. The van der Waals surface area contributed by atoms with Crippen LogP contribution in [0.5, 0.6) is 0 Å². The Labute approximate surface area is 161 Å². The van der Waals surface area contributed by atoms with E-state index >= 15 is 0 Å². The lowest BCUT2D eigenvalue weighted by Gasteiger charge is -2.12. The molecule has 7 heteroatoms. The molecule has 0 spiro atoms. The fourth-order valence-electron chi connectivity index (χ4n) is 2.90. The first-order valence-corrected chi connectivity index (χ1v) is 9.30. The van der Waals surface area contributed by atoms with E-state index < -0.39 is 0 Å². The van der Waals surface area contributed by atoms with Crippen molar-refractivity contribution >= 4 is 11.9 Å². The van der Waals surface area contributed by atoms with E-state index in [2.05, 4.69) is 39.0 Å². The Hall–Kier alpha value is -2.83. The molecule has 0 aliphatic carbocycles. The van der Waals surface area contributed by atoms with E-state index in [0.29, 0.717) is 5.56 Å². The number of rotatable bonds is 8. The van der Waals surface area contributed by atoms with Crippen molar-refractivity contribution in [3.63, 3.8) is 0 Å². The molecule has 0 aliphatic heterocycles. The van der Waals surface area contributed by atoms with Crippen LogP contribution in [-0.2, 0) is 13.0 Å². The number of benzene rings is 1. The lowest BCUT2D eigenvalue weighted by Crippen LogP contribution is -2.39. The van der Waals surface area contributed by atoms with Gasteiger partial charge in [0.05, 0.1) is 5.69 Å². The Morgan fingerprint density at radius 1 is 1.19 bits per heavy atom. The third-order valence-corrected chi connectivity index (χ3v) is 4.29. The van der Waals surface area contributed by atoms with Crippen molar-refractivity contribution < 1.29 is 4.79 Å². The molecule has 27 heavy (non-hydrogen) atoms. The molecule has 1 aromatic heterocycles. The van der Waals surface area contributed by atoms with Gasteiger partial charge in [0, 0.05) is 45.0 Å². The molecule has 0 unspecified atom stereocenters. The minimum absolute atomic E-state index is 0.0649. The molecule has 2 rings (SSSR count).